The topological polar surface area (TPSA) is 277 Å². The van der Waals surface area contributed by atoms with Crippen molar-refractivity contribution in [1.82, 2.24) is 43.6 Å². The van der Waals surface area contributed by atoms with Crippen LogP contribution in [0.25, 0.3) is 34.6 Å². The molecule has 0 radical (unpaired) electrons. The van der Waals surface area contributed by atoms with E-state index in [1.165, 1.54) is 0 Å². The molecule has 0 N–H and O–H groups in total. The molecule has 0 aliphatic heterocycles. The summed E-state index contributed by atoms with van der Waals surface area (Å²) in [5, 5.41) is 0. The van der Waals surface area contributed by atoms with E-state index >= 15 is 0 Å². The van der Waals surface area contributed by atoms with E-state index in [0.717, 1.165) is 34.6 Å². The second kappa shape index (κ2) is 20.2. The van der Waals surface area contributed by atoms with Crippen LogP contribution in [0.3, 0.4) is 0 Å². The van der Waals surface area contributed by atoms with Gasteiger partial charge in [-0.1, -0.05) is 18.2 Å². The monoisotopic (exact) mass is 733 g/mol. The van der Waals surface area contributed by atoms with Crippen molar-refractivity contribution in [3.8, 4) is 34.6 Å². The molecular formula is C27H27Cl2N9NiO8. The molecule has 0 fully saturated rings. The van der Waals surface area contributed by atoms with Crippen molar-refractivity contribution in [3.63, 3.8) is 0 Å². The molecule has 0 unspecified atom stereocenters. The Balaban J connectivity index is 0.000000307. The Morgan fingerprint density at radius 2 is 0.638 bits per heavy atom. The second-order valence-electron chi connectivity index (χ2n) is 8.49. The van der Waals surface area contributed by atoms with Gasteiger partial charge >= 0.3 is 16.5 Å². The van der Waals surface area contributed by atoms with Gasteiger partial charge in [0.2, 0.25) is 0 Å². The van der Waals surface area contributed by atoms with E-state index in [1.54, 1.807) is 37.2 Å². The molecule has 6 aromatic rings. The van der Waals surface area contributed by atoms with Gasteiger partial charge in [-0.05, 0) is 36.4 Å². The van der Waals surface area contributed by atoms with E-state index < -0.39 is 20.5 Å². The van der Waals surface area contributed by atoms with Crippen LogP contribution in [-0.2, 0) is 37.6 Å². The normalized spacial score (nSPS) is 10.3. The van der Waals surface area contributed by atoms with Crippen LogP contribution in [0.2, 0.25) is 0 Å². The van der Waals surface area contributed by atoms with Gasteiger partial charge in [-0.25, -0.2) is 52.2 Å². The molecule has 0 aliphatic rings. The molecule has 0 saturated carbocycles. The third-order valence-electron chi connectivity index (χ3n) is 5.15. The first-order chi connectivity index (χ1) is 21.6. The molecule has 6 heterocycles. The van der Waals surface area contributed by atoms with Crippen LogP contribution in [0.15, 0.2) is 110 Å². The third-order valence-corrected chi connectivity index (χ3v) is 5.15. The number of hydrogen-bond donors (Lipinski definition) is 0. The summed E-state index contributed by atoms with van der Waals surface area (Å²) in [6, 6.07) is 17.4. The summed E-state index contributed by atoms with van der Waals surface area (Å²) < 4.78 is 73.8. The zero-order valence-corrected chi connectivity index (χ0v) is 27.3. The van der Waals surface area contributed by atoms with Crippen LogP contribution in [0, 0.1) is 20.5 Å². The van der Waals surface area contributed by atoms with Crippen LogP contribution in [-0.4, -0.2) is 43.6 Å². The zero-order valence-electron chi connectivity index (χ0n) is 24.8. The SMILES string of the molecule is Cn1ccnc1-c1ccccn1.Cn1ccnc1-c1ccccn1.Cn1ccnc1-c1ccccn1.[Ni+2].[O-][Cl+3]([O-])([O-])[O-].[O-][Cl+3]([O-])([O-])[O-]. The van der Waals surface area contributed by atoms with E-state index in [-0.39, 0.29) is 16.5 Å². The predicted molar refractivity (Wildman–Crippen MR) is 139 cm³/mol. The Kier molecular flexibility index (Phi) is 17.5. The molecule has 0 bridgehead atoms. The van der Waals surface area contributed by atoms with E-state index in [1.807, 2.05) is 108 Å². The molecule has 47 heavy (non-hydrogen) atoms. The molecule has 0 atom stereocenters. The predicted octanol–water partition coefficient (Wildman–Crippen LogP) is -5.07. The van der Waals surface area contributed by atoms with Crippen molar-refractivity contribution in [2.24, 2.45) is 21.1 Å². The van der Waals surface area contributed by atoms with Crippen LogP contribution >= 0.6 is 0 Å². The zero-order chi connectivity index (χ0) is 34.2. The van der Waals surface area contributed by atoms with Gasteiger partial charge < -0.3 is 13.7 Å². The van der Waals surface area contributed by atoms with Gasteiger partial charge in [-0.3, -0.25) is 15.0 Å². The molecule has 0 spiro atoms. The molecule has 0 amide bonds. The van der Waals surface area contributed by atoms with Crippen LogP contribution in [0.4, 0.5) is 0 Å². The van der Waals surface area contributed by atoms with E-state index in [0.29, 0.717) is 0 Å². The molecular weight excluding hydrogens is 708 g/mol. The number of halogens is 2. The van der Waals surface area contributed by atoms with Gasteiger partial charge in [0.1, 0.15) is 17.1 Å². The van der Waals surface area contributed by atoms with Gasteiger partial charge in [0.05, 0.1) is 0 Å². The van der Waals surface area contributed by atoms with Gasteiger partial charge in [-0.15, -0.1) is 20.5 Å². The number of pyridine rings is 3. The summed E-state index contributed by atoms with van der Waals surface area (Å²) in [5.74, 6) is 2.70. The summed E-state index contributed by atoms with van der Waals surface area (Å²) in [4.78, 5) is 25.2. The maximum atomic E-state index is 8.49. The molecule has 20 heteroatoms. The van der Waals surface area contributed by atoms with E-state index in [4.69, 9.17) is 37.3 Å². The average molecular weight is 735 g/mol. The number of aromatic nitrogens is 9. The average Bonchev–Trinajstić information content (AvgIpc) is 3.74. The largest absolute Gasteiger partial charge is 2.00 e. The summed E-state index contributed by atoms with van der Waals surface area (Å²) >= 11 is 0. The smallest absolute Gasteiger partial charge is 0.333 e. The quantitative estimate of drug-likeness (QED) is 0.154. The first-order valence-corrected chi connectivity index (χ1v) is 15.0. The van der Waals surface area contributed by atoms with Crippen molar-refractivity contribution in [2.45, 2.75) is 0 Å². The number of nitrogens with zero attached hydrogens (tertiary/aromatic N) is 9. The molecule has 0 saturated heterocycles. The number of hydrogen-bond acceptors (Lipinski definition) is 14. The summed E-state index contributed by atoms with van der Waals surface area (Å²) in [6.45, 7) is 0. The Hall–Kier alpha value is -4.17. The Morgan fingerprint density at radius 3 is 0.787 bits per heavy atom. The minimum Gasteiger partial charge on any atom is -0.333 e. The minimum absolute atomic E-state index is 0. The fourth-order valence-electron chi connectivity index (χ4n) is 3.32. The van der Waals surface area contributed by atoms with Gasteiger partial charge in [-0.2, -0.15) is 0 Å². The van der Waals surface area contributed by atoms with E-state index in [9.17, 15) is 0 Å². The van der Waals surface area contributed by atoms with Crippen molar-refractivity contribution in [2.75, 3.05) is 0 Å². The fourth-order valence-corrected chi connectivity index (χ4v) is 3.32. The van der Waals surface area contributed by atoms with Gasteiger partial charge in [0.15, 0.2) is 17.5 Å². The molecule has 6 rings (SSSR count). The van der Waals surface area contributed by atoms with Crippen LogP contribution in [0.1, 0.15) is 0 Å². The van der Waals surface area contributed by atoms with E-state index in [2.05, 4.69) is 29.9 Å². The number of aryl methyl sites for hydroxylation is 3. The maximum absolute atomic E-state index is 8.49. The number of rotatable bonds is 3. The van der Waals surface area contributed by atoms with Crippen molar-refractivity contribution < 1.29 is 74.2 Å². The Labute approximate surface area is 283 Å². The first kappa shape index (κ1) is 40.9. The molecule has 17 nitrogen and oxygen atoms in total. The van der Waals surface area contributed by atoms with Crippen molar-refractivity contribution in [3.05, 3.63) is 110 Å². The summed E-state index contributed by atoms with van der Waals surface area (Å²) in [5.41, 5.74) is 2.72. The van der Waals surface area contributed by atoms with Gasteiger partial charge in [0, 0.05) is 76.9 Å². The third kappa shape index (κ3) is 17.4. The number of imidazole rings is 3. The second-order valence-corrected chi connectivity index (χ2v) is 10.00. The van der Waals surface area contributed by atoms with Crippen molar-refractivity contribution >= 4 is 0 Å². The Morgan fingerprint density at radius 1 is 0.404 bits per heavy atom. The molecule has 0 aliphatic carbocycles. The standard InChI is InChI=1S/3C9H9N3.2ClHO4.Ni/c3*1-12-7-6-11-9(12)8-4-2-3-5-10-8;2*2-1(3,4)5;/h3*2-7H,1H3;2*(H,2,3,4,5);/q;;;;;+2/p-2. The van der Waals surface area contributed by atoms with Crippen LogP contribution in [0.5, 0.6) is 0 Å². The van der Waals surface area contributed by atoms with Crippen molar-refractivity contribution in [1.29, 1.82) is 0 Å². The molecule has 0 aromatic carbocycles. The molecule has 252 valence electrons. The van der Waals surface area contributed by atoms with Gasteiger partial charge in [0.25, 0.3) is 0 Å². The molecule has 6 aromatic heterocycles. The first-order valence-electron chi connectivity index (χ1n) is 12.5. The minimum atomic E-state index is -4.94. The Bertz CT molecular complexity index is 1480. The fraction of sp³-hybridized carbons (Fsp3) is 0.111. The summed E-state index contributed by atoms with van der Waals surface area (Å²) in [7, 11) is -4.02. The maximum Gasteiger partial charge on any atom is 2.00 e. The van der Waals surface area contributed by atoms with Crippen LogP contribution < -0.4 is 37.3 Å². The summed E-state index contributed by atoms with van der Waals surface area (Å²) in [6.07, 6.45) is 16.3.